The van der Waals surface area contributed by atoms with Gasteiger partial charge in [-0.2, -0.15) is 0 Å². The fourth-order valence-corrected chi connectivity index (χ4v) is 1.22. The molecule has 0 heterocycles. The highest BCUT2D eigenvalue weighted by Crippen LogP contribution is 2.03. The normalized spacial score (nSPS) is 14.7. The number of carboxylic acid groups (broad SMARTS) is 1. The summed E-state index contributed by atoms with van der Waals surface area (Å²) in [4.78, 5) is 22.3. The summed E-state index contributed by atoms with van der Waals surface area (Å²) in [5, 5.41) is 11.3. The van der Waals surface area contributed by atoms with Gasteiger partial charge in [-0.3, -0.25) is 4.79 Å². The Labute approximate surface area is 90.0 Å². The predicted molar refractivity (Wildman–Crippen MR) is 57.3 cm³/mol. The third-order valence-corrected chi connectivity index (χ3v) is 2.17. The summed E-state index contributed by atoms with van der Waals surface area (Å²) in [5.41, 5.74) is 5.57. The molecule has 0 aliphatic heterocycles. The number of nitrogens with two attached hydrogens (primary N) is 1. The van der Waals surface area contributed by atoms with Gasteiger partial charge in [0.25, 0.3) is 0 Å². The van der Waals surface area contributed by atoms with E-state index in [1.165, 1.54) is 0 Å². The molecule has 15 heavy (non-hydrogen) atoms. The second-order valence-electron chi connectivity index (χ2n) is 3.96. The van der Waals surface area contributed by atoms with Gasteiger partial charge in [0, 0.05) is 0 Å². The van der Waals surface area contributed by atoms with Crippen LogP contribution in [0.3, 0.4) is 0 Å². The van der Waals surface area contributed by atoms with Crippen LogP contribution in [-0.4, -0.2) is 29.1 Å². The van der Waals surface area contributed by atoms with Gasteiger partial charge in [0.05, 0.1) is 6.04 Å². The van der Waals surface area contributed by atoms with E-state index in [2.05, 4.69) is 5.32 Å². The summed E-state index contributed by atoms with van der Waals surface area (Å²) in [5.74, 6) is -1.57. The van der Waals surface area contributed by atoms with E-state index < -0.39 is 24.0 Å². The third-order valence-electron chi connectivity index (χ3n) is 2.17. The Bertz CT molecular complexity index is 229. The van der Waals surface area contributed by atoms with E-state index in [1.807, 2.05) is 6.92 Å². The van der Waals surface area contributed by atoms with Gasteiger partial charge in [-0.1, -0.05) is 27.2 Å². The maximum Gasteiger partial charge on any atom is 0.326 e. The number of amides is 1. The van der Waals surface area contributed by atoms with Crippen molar-refractivity contribution in [2.75, 3.05) is 0 Å². The topological polar surface area (TPSA) is 92.4 Å². The quantitative estimate of drug-likeness (QED) is 0.597. The minimum absolute atomic E-state index is 0.153. The highest BCUT2D eigenvalue weighted by molar-refractivity contribution is 5.86. The van der Waals surface area contributed by atoms with Crippen LogP contribution in [0.2, 0.25) is 0 Å². The lowest BCUT2D eigenvalue weighted by Gasteiger charge is -2.20. The highest BCUT2D eigenvalue weighted by atomic mass is 16.4. The fourth-order valence-electron chi connectivity index (χ4n) is 1.22. The molecule has 0 aromatic carbocycles. The van der Waals surface area contributed by atoms with Crippen molar-refractivity contribution in [3.63, 3.8) is 0 Å². The van der Waals surface area contributed by atoms with Gasteiger partial charge in [-0.15, -0.1) is 0 Å². The molecule has 4 N–H and O–H groups in total. The lowest BCUT2D eigenvalue weighted by atomic mass is 10.0. The zero-order valence-electron chi connectivity index (χ0n) is 9.49. The molecular weight excluding hydrogens is 196 g/mol. The lowest BCUT2D eigenvalue weighted by Crippen LogP contribution is -2.50. The Hall–Kier alpha value is -1.10. The van der Waals surface area contributed by atoms with Crippen LogP contribution >= 0.6 is 0 Å². The third kappa shape index (κ3) is 4.78. The second-order valence-corrected chi connectivity index (χ2v) is 3.96. The molecule has 0 unspecified atom stereocenters. The van der Waals surface area contributed by atoms with Crippen LogP contribution in [0.1, 0.15) is 33.6 Å². The van der Waals surface area contributed by atoms with E-state index in [4.69, 9.17) is 10.8 Å². The standard InChI is InChI=1S/C10H20N2O3/c1-4-5-7(11)9(13)12-8(6(2)3)10(14)15/h6-8H,4-5,11H2,1-3H3,(H,12,13)(H,14,15)/t7-,8-/m1/s1. The molecule has 0 aromatic heterocycles. The first kappa shape index (κ1) is 13.9. The average molecular weight is 216 g/mol. The van der Waals surface area contributed by atoms with Crippen LogP contribution in [0, 0.1) is 5.92 Å². The van der Waals surface area contributed by atoms with Crippen molar-refractivity contribution in [2.45, 2.75) is 45.7 Å². The minimum Gasteiger partial charge on any atom is -0.480 e. The minimum atomic E-state index is -1.03. The van der Waals surface area contributed by atoms with Gasteiger partial charge in [-0.05, 0) is 12.3 Å². The molecule has 0 spiro atoms. The van der Waals surface area contributed by atoms with Crippen molar-refractivity contribution < 1.29 is 14.7 Å². The predicted octanol–water partition coefficient (Wildman–Crippen LogP) is 0.339. The van der Waals surface area contributed by atoms with Crippen molar-refractivity contribution in [1.82, 2.24) is 5.32 Å². The van der Waals surface area contributed by atoms with E-state index in [0.29, 0.717) is 6.42 Å². The van der Waals surface area contributed by atoms with Crippen LogP contribution in [0.25, 0.3) is 0 Å². The van der Waals surface area contributed by atoms with Crippen molar-refractivity contribution in [1.29, 1.82) is 0 Å². The average Bonchev–Trinajstić information content (AvgIpc) is 2.12. The van der Waals surface area contributed by atoms with Crippen molar-refractivity contribution in [3.05, 3.63) is 0 Å². The Balaban J connectivity index is 4.29. The number of carbonyl (C=O) groups excluding carboxylic acids is 1. The van der Waals surface area contributed by atoms with Crippen molar-refractivity contribution in [2.24, 2.45) is 11.7 Å². The molecule has 0 fully saturated rings. The fraction of sp³-hybridized carbons (Fsp3) is 0.800. The molecule has 0 rings (SSSR count). The molecule has 0 aliphatic carbocycles. The Morgan fingerprint density at radius 2 is 1.93 bits per heavy atom. The Kier molecular flexibility index (Phi) is 5.93. The molecule has 0 bridgehead atoms. The maximum absolute atomic E-state index is 11.5. The second kappa shape index (κ2) is 6.40. The number of nitrogens with one attached hydrogen (secondary N) is 1. The van der Waals surface area contributed by atoms with Gasteiger partial charge >= 0.3 is 5.97 Å². The molecule has 5 nitrogen and oxygen atoms in total. The summed E-state index contributed by atoms with van der Waals surface area (Å²) >= 11 is 0. The number of carboxylic acids is 1. The summed E-state index contributed by atoms with van der Waals surface area (Å²) in [7, 11) is 0. The number of hydrogen-bond donors (Lipinski definition) is 3. The zero-order valence-corrected chi connectivity index (χ0v) is 9.49. The molecule has 0 aromatic rings. The number of hydrogen-bond acceptors (Lipinski definition) is 3. The molecule has 0 aliphatic rings. The van der Waals surface area contributed by atoms with Crippen LogP contribution in [0.4, 0.5) is 0 Å². The molecule has 0 radical (unpaired) electrons. The van der Waals surface area contributed by atoms with E-state index in [1.54, 1.807) is 13.8 Å². The SMILES string of the molecule is CCC[C@@H](N)C(=O)N[C@@H](C(=O)O)C(C)C. The molecular formula is C10H20N2O3. The summed E-state index contributed by atoms with van der Waals surface area (Å²) in [6.45, 7) is 5.40. The van der Waals surface area contributed by atoms with Crippen LogP contribution in [0.15, 0.2) is 0 Å². The largest absolute Gasteiger partial charge is 0.480 e. The van der Waals surface area contributed by atoms with Gasteiger partial charge in [-0.25, -0.2) is 4.79 Å². The zero-order chi connectivity index (χ0) is 12.0. The highest BCUT2D eigenvalue weighted by Gasteiger charge is 2.25. The van der Waals surface area contributed by atoms with Gasteiger partial charge in [0.1, 0.15) is 6.04 Å². The van der Waals surface area contributed by atoms with E-state index >= 15 is 0 Å². The van der Waals surface area contributed by atoms with E-state index in [-0.39, 0.29) is 5.92 Å². The first-order valence-electron chi connectivity index (χ1n) is 5.18. The van der Waals surface area contributed by atoms with Crippen molar-refractivity contribution in [3.8, 4) is 0 Å². The van der Waals surface area contributed by atoms with E-state index in [9.17, 15) is 9.59 Å². The Morgan fingerprint density at radius 3 is 2.27 bits per heavy atom. The number of rotatable bonds is 6. The number of carbonyl (C=O) groups is 2. The van der Waals surface area contributed by atoms with Crippen LogP contribution in [-0.2, 0) is 9.59 Å². The monoisotopic (exact) mass is 216 g/mol. The first-order valence-corrected chi connectivity index (χ1v) is 5.18. The molecule has 0 saturated heterocycles. The smallest absolute Gasteiger partial charge is 0.326 e. The molecule has 5 heteroatoms. The van der Waals surface area contributed by atoms with Crippen LogP contribution in [0.5, 0.6) is 0 Å². The van der Waals surface area contributed by atoms with Crippen LogP contribution < -0.4 is 11.1 Å². The molecule has 2 atom stereocenters. The van der Waals surface area contributed by atoms with Gasteiger partial charge in [0.2, 0.25) is 5.91 Å². The summed E-state index contributed by atoms with van der Waals surface area (Å²) in [6, 6.07) is -1.48. The summed E-state index contributed by atoms with van der Waals surface area (Å²) < 4.78 is 0. The van der Waals surface area contributed by atoms with Crippen molar-refractivity contribution >= 4 is 11.9 Å². The van der Waals surface area contributed by atoms with Gasteiger partial charge < -0.3 is 16.2 Å². The molecule has 1 amide bonds. The molecule has 88 valence electrons. The Morgan fingerprint density at radius 1 is 1.40 bits per heavy atom. The first-order chi connectivity index (χ1) is 6.90. The summed E-state index contributed by atoms with van der Waals surface area (Å²) in [6.07, 6.45) is 1.37. The number of aliphatic carboxylic acids is 1. The maximum atomic E-state index is 11.5. The molecule has 0 saturated carbocycles. The lowest BCUT2D eigenvalue weighted by molar-refractivity contribution is -0.143. The van der Waals surface area contributed by atoms with E-state index in [0.717, 1.165) is 6.42 Å². The van der Waals surface area contributed by atoms with Gasteiger partial charge in [0.15, 0.2) is 0 Å².